The molecule has 0 aromatic heterocycles. The molecular formula is C25H35N3O. The van der Waals surface area contributed by atoms with Gasteiger partial charge in [-0.2, -0.15) is 0 Å². The summed E-state index contributed by atoms with van der Waals surface area (Å²) >= 11 is 0. The summed E-state index contributed by atoms with van der Waals surface area (Å²) in [4.78, 5) is 15.7. The van der Waals surface area contributed by atoms with E-state index in [4.69, 9.17) is 11.5 Å². The number of nitrogens with two attached hydrogens (primary N) is 2. The van der Waals surface area contributed by atoms with Crippen molar-refractivity contribution in [1.82, 2.24) is 4.90 Å². The number of amides is 1. The average Bonchev–Trinajstić information content (AvgIpc) is 2.73. The van der Waals surface area contributed by atoms with E-state index in [1.807, 2.05) is 36.4 Å². The standard InChI is InChI=1S/C25H35N3O/c1-3-21(23(26)18-12-7-5-8-13-18)28(25(29)20-16-11-17-20)22(4-2)24(27)19-14-9-6-10-15-19/h5-10,12-15,20-24H,3-4,11,16-17,26-27H2,1-2H3. The molecule has 4 heteroatoms. The highest BCUT2D eigenvalue weighted by Gasteiger charge is 2.40. The predicted molar refractivity (Wildman–Crippen MR) is 119 cm³/mol. The van der Waals surface area contributed by atoms with Crippen LogP contribution >= 0.6 is 0 Å². The molecule has 1 saturated carbocycles. The second kappa shape index (κ2) is 10.0. The zero-order valence-electron chi connectivity index (χ0n) is 17.7. The minimum Gasteiger partial charge on any atom is -0.333 e. The van der Waals surface area contributed by atoms with Crippen LogP contribution in [-0.4, -0.2) is 22.9 Å². The molecule has 1 aliphatic rings. The number of nitrogens with zero attached hydrogens (tertiary/aromatic N) is 1. The highest BCUT2D eigenvalue weighted by Crippen LogP contribution is 2.35. The molecule has 29 heavy (non-hydrogen) atoms. The largest absolute Gasteiger partial charge is 0.333 e. The van der Waals surface area contributed by atoms with Gasteiger partial charge in [-0.15, -0.1) is 0 Å². The zero-order valence-corrected chi connectivity index (χ0v) is 17.7. The fourth-order valence-electron chi connectivity index (χ4n) is 4.48. The first kappa shape index (κ1) is 21.5. The molecular weight excluding hydrogens is 358 g/mol. The molecule has 4 nitrogen and oxygen atoms in total. The Morgan fingerprint density at radius 2 is 1.28 bits per heavy atom. The molecule has 1 aliphatic carbocycles. The van der Waals surface area contributed by atoms with Gasteiger partial charge in [0.25, 0.3) is 0 Å². The molecule has 0 aliphatic heterocycles. The lowest BCUT2D eigenvalue weighted by atomic mass is 9.82. The number of hydrogen-bond acceptors (Lipinski definition) is 3. The van der Waals surface area contributed by atoms with Gasteiger partial charge in [0, 0.05) is 5.92 Å². The van der Waals surface area contributed by atoms with Crippen molar-refractivity contribution in [3.63, 3.8) is 0 Å². The SMILES string of the molecule is CCC(C(N)c1ccccc1)N(C(=O)C1CCC1)C(CC)C(N)c1ccccc1. The van der Waals surface area contributed by atoms with Crippen molar-refractivity contribution >= 4 is 5.91 Å². The monoisotopic (exact) mass is 393 g/mol. The van der Waals surface area contributed by atoms with E-state index < -0.39 is 0 Å². The lowest BCUT2D eigenvalue weighted by Gasteiger charge is -2.45. The van der Waals surface area contributed by atoms with Gasteiger partial charge in [-0.3, -0.25) is 4.79 Å². The maximum Gasteiger partial charge on any atom is 0.226 e. The maximum atomic E-state index is 13.6. The summed E-state index contributed by atoms with van der Waals surface area (Å²) in [6.07, 6.45) is 4.68. The van der Waals surface area contributed by atoms with Gasteiger partial charge in [0.2, 0.25) is 5.91 Å². The van der Waals surface area contributed by atoms with Crippen LogP contribution in [0.3, 0.4) is 0 Å². The number of hydrogen-bond donors (Lipinski definition) is 2. The molecule has 1 amide bonds. The normalized spacial score (nSPS) is 18.3. The van der Waals surface area contributed by atoms with E-state index in [0.717, 1.165) is 43.2 Å². The molecule has 2 aromatic rings. The molecule has 0 saturated heterocycles. The van der Waals surface area contributed by atoms with Crippen LogP contribution in [0.2, 0.25) is 0 Å². The Hall–Kier alpha value is -2.17. The summed E-state index contributed by atoms with van der Waals surface area (Å²) in [5, 5.41) is 0. The Morgan fingerprint density at radius 1 is 0.862 bits per heavy atom. The molecule has 4 unspecified atom stereocenters. The third-order valence-electron chi connectivity index (χ3n) is 6.46. The lowest BCUT2D eigenvalue weighted by Crippen LogP contribution is -2.56. The average molecular weight is 394 g/mol. The molecule has 0 spiro atoms. The van der Waals surface area contributed by atoms with Gasteiger partial charge in [0.1, 0.15) is 0 Å². The van der Waals surface area contributed by atoms with Crippen LogP contribution in [0.4, 0.5) is 0 Å². The minimum absolute atomic E-state index is 0.0785. The summed E-state index contributed by atoms with van der Waals surface area (Å²) in [6, 6.07) is 19.6. The van der Waals surface area contributed by atoms with Crippen molar-refractivity contribution in [1.29, 1.82) is 0 Å². The van der Waals surface area contributed by atoms with Crippen LogP contribution in [0.5, 0.6) is 0 Å². The summed E-state index contributed by atoms with van der Waals surface area (Å²) in [7, 11) is 0. The van der Waals surface area contributed by atoms with Gasteiger partial charge in [0.05, 0.1) is 24.2 Å². The van der Waals surface area contributed by atoms with Gasteiger partial charge >= 0.3 is 0 Å². The summed E-state index contributed by atoms with van der Waals surface area (Å²) in [5.74, 6) is 0.344. The molecule has 0 heterocycles. The fourth-order valence-corrected chi connectivity index (χ4v) is 4.48. The van der Waals surface area contributed by atoms with E-state index in [1.54, 1.807) is 0 Å². The molecule has 2 aromatic carbocycles. The Kier molecular flexibility index (Phi) is 7.45. The fraction of sp³-hybridized carbons (Fsp3) is 0.480. The van der Waals surface area contributed by atoms with E-state index in [0.29, 0.717) is 0 Å². The lowest BCUT2D eigenvalue weighted by molar-refractivity contribution is -0.145. The highest BCUT2D eigenvalue weighted by molar-refractivity contribution is 5.80. The van der Waals surface area contributed by atoms with Gasteiger partial charge < -0.3 is 16.4 Å². The summed E-state index contributed by atoms with van der Waals surface area (Å²) in [6.45, 7) is 4.24. The highest BCUT2D eigenvalue weighted by atomic mass is 16.2. The first-order chi connectivity index (χ1) is 14.1. The Balaban J connectivity index is 1.96. The number of carbonyl (C=O) groups excluding carboxylic acids is 1. The molecule has 0 bridgehead atoms. The van der Waals surface area contributed by atoms with Gasteiger partial charge in [-0.25, -0.2) is 0 Å². The van der Waals surface area contributed by atoms with Crippen LogP contribution < -0.4 is 11.5 Å². The summed E-state index contributed by atoms with van der Waals surface area (Å²) in [5.41, 5.74) is 15.6. The van der Waals surface area contributed by atoms with Crippen LogP contribution in [0.15, 0.2) is 60.7 Å². The Bertz CT molecular complexity index is 707. The Morgan fingerprint density at radius 3 is 1.59 bits per heavy atom. The first-order valence-corrected chi connectivity index (χ1v) is 11.0. The molecule has 156 valence electrons. The van der Waals surface area contributed by atoms with Crippen LogP contribution in [0.25, 0.3) is 0 Å². The van der Waals surface area contributed by atoms with E-state index in [1.165, 1.54) is 0 Å². The quantitative estimate of drug-likeness (QED) is 0.655. The van der Waals surface area contributed by atoms with Crippen molar-refractivity contribution < 1.29 is 4.79 Å². The molecule has 4 atom stereocenters. The number of benzene rings is 2. The van der Waals surface area contributed by atoms with Crippen LogP contribution in [0, 0.1) is 5.92 Å². The van der Waals surface area contributed by atoms with Crippen molar-refractivity contribution in [2.24, 2.45) is 17.4 Å². The van der Waals surface area contributed by atoms with Crippen molar-refractivity contribution in [2.45, 2.75) is 70.1 Å². The van der Waals surface area contributed by atoms with Crippen LogP contribution in [-0.2, 0) is 4.79 Å². The maximum absolute atomic E-state index is 13.6. The third kappa shape index (κ3) is 4.71. The van der Waals surface area contributed by atoms with Crippen LogP contribution in [0.1, 0.15) is 69.2 Å². The molecule has 4 N–H and O–H groups in total. The third-order valence-corrected chi connectivity index (χ3v) is 6.46. The minimum atomic E-state index is -0.234. The second-order valence-electron chi connectivity index (χ2n) is 8.20. The van der Waals surface area contributed by atoms with E-state index in [2.05, 4.69) is 43.0 Å². The summed E-state index contributed by atoms with van der Waals surface area (Å²) < 4.78 is 0. The van der Waals surface area contributed by atoms with Gasteiger partial charge in [-0.1, -0.05) is 80.9 Å². The van der Waals surface area contributed by atoms with Crippen molar-refractivity contribution in [3.8, 4) is 0 Å². The number of carbonyl (C=O) groups is 1. The molecule has 0 radical (unpaired) electrons. The first-order valence-electron chi connectivity index (χ1n) is 11.0. The van der Waals surface area contributed by atoms with E-state index in [-0.39, 0.29) is 36.0 Å². The number of rotatable bonds is 9. The van der Waals surface area contributed by atoms with Gasteiger partial charge in [-0.05, 0) is 36.8 Å². The topological polar surface area (TPSA) is 72.3 Å². The van der Waals surface area contributed by atoms with E-state index >= 15 is 0 Å². The van der Waals surface area contributed by atoms with E-state index in [9.17, 15) is 4.79 Å². The predicted octanol–water partition coefficient (Wildman–Crippen LogP) is 4.57. The Labute approximate surface area is 175 Å². The zero-order chi connectivity index (χ0) is 20.8. The van der Waals surface area contributed by atoms with Gasteiger partial charge in [0.15, 0.2) is 0 Å². The van der Waals surface area contributed by atoms with Crippen molar-refractivity contribution in [3.05, 3.63) is 71.8 Å². The van der Waals surface area contributed by atoms with Crippen molar-refractivity contribution in [2.75, 3.05) is 0 Å². The second-order valence-corrected chi connectivity index (χ2v) is 8.20. The molecule has 1 fully saturated rings. The smallest absolute Gasteiger partial charge is 0.226 e. The molecule has 3 rings (SSSR count).